The maximum Gasteiger partial charge on any atom is 0.267 e. The van der Waals surface area contributed by atoms with E-state index in [4.69, 9.17) is 0 Å². The molecule has 1 N–H and O–H groups in total. The van der Waals surface area contributed by atoms with Gasteiger partial charge in [-0.1, -0.05) is 42.5 Å². The fourth-order valence-corrected chi connectivity index (χ4v) is 2.52. The van der Waals surface area contributed by atoms with E-state index in [-0.39, 0.29) is 23.8 Å². The highest BCUT2D eigenvalue weighted by Crippen LogP contribution is 2.15. The molecular weight excluding hydrogens is 333 g/mol. The molecule has 0 fully saturated rings. The largest absolute Gasteiger partial charge is 0.350 e. The Labute approximate surface area is 150 Å². The molecule has 0 aliphatic carbocycles. The van der Waals surface area contributed by atoms with Gasteiger partial charge < -0.3 is 5.32 Å². The Morgan fingerprint density at radius 3 is 2.46 bits per heavy atom. The van der Waals surface area contributed by atoms with E-state index in [1.54, 1.807) is 25.1 Å². The van der Waals surface area contributed by atoms with Gasteiger partial charge in [0.05, 0.1) is 5.69 Å². The molecule has 3 aromatic rings. The minimum absolute atomic E-state index is 0.247. The van der Waals surface area contributed by atoms with Gasteiger partial charge in [-0.25, -0.2) is 9.07 Å². The number of carbonyl (C=O) groups is 1. The van der Waals surface area contributed by atoms with Crippen LogP contribution in [0.5, 0.6) is 0 Å². The number of aromatic nitrogens is 2. The molecule has 0 radical (unpaired) electrons. The van der Waals surface area contributed by atoms with Crippen molar-refractivity contribution in [3.05, 3.63) is 88.5 Å². The molecule has 132 valence electrons. The van der Waals surface area contributed by atoms with Crippen LogP contribution in [0.15, 0.2) is 71.5 Å². The first-order chi connectivity index (χ1) is 12.5. The summed E-state index contributed by atoms with van der Waals surface area (Å²) in [7, 11) is 0. The van der Waals surface area contributed by atoms with Gasteiger partial charge in [0, 0.05) is 18.2 Å². The molecule has 2 aromatic carbocycles. The van der Waals surface area contributed by atoms with E-state index in [9.17, 15) is 14.0 Å². The molecule has 1 atom stereocenters. The van der Waals surface area contributed by atoms with Crippen LogP contribution in [-0.4, -0.2) is 15.7 Å². The van der Waals surface area contributed by atoms with Crippen molar-refractivity contribution >= 4 is 5.91 Å². The molecule has 5 nitrogen and oxygen atoms in total. The lowest BCUT2D eigenvalue weighted by atomic mass is 10.1. The minimum Gasteiger partial charge on any atom is -0.350 e. The van der Waals surface area contributed by atoms with Crippen molar-refractivity contribution in [2.24, 2.45) is 0 Å². The van der Waals surface area contributed by atoms with Crippen molar-refractivity contribution < 1.29 is 9.18 Å². The standard InChI is InChI=1S/C20H18FN3O2/c1-14(20(26)22-13-15-7-9-17(21)10-8-15)24-19(25)12-11-18(23-24)16-5-3-2-4-6-16/h2-12,14H,13H2,1H3,(H,22,26). The van der Waals surface area contributed by atoms with Gasteiger partial charge >= 0.3 is 0 Å². The summed E-state index contributed by atoms with van der Waals surface area (Å²) >= 11 is 0. The number of benzene rings is 2. The predicted octanol–water partition coefficient (Wildman–Crippen LogP) is 2.93. The van der Waals surface area contributed by atoms with Crippen LogP contribution in [0.1, 0.15) is 18.5 Å². The smallest absolute Gasteiger partial charge is 0.267 e. The van der Waals surface area contributed by atoms with E-state index in [1.807, 2.05) is 30.3 Å². The average molecular weight is 351 g/mol. The molecule has 0 aliphatic rings. The van der Waals surface area contributed by atoms with Crippen molar-refractivity contribution in [2.45, 2.75) is 19.5 Å². The SMILES string of the molecule is CC(C(=O)NCc1ccc(F)cc1)n1nc(-c2ccccc2)ccc1=O. The Balaban J connectivity index is 1.76. The van der Waals surface area contributed by atoms with Crippen LogP contribution in [0, 0.1) is 5.82 Å². The molecule has 1 aromatic heterocycles. The zero-order chi connectivity index (χ0) is 18.5. The Kier molecular flexibility index (Phi) is 5.22. The number of carbonyl (C=O) groups excluding carboxylic acids is 1. The number of nitrogens with one attached hydrogen (secondary N) is 1. The highest BCUT2D eigenvalue weighted by Gasteiger charge is 2.17. The summed E-state index contributed by atoms with van der Waals surface area (Å²) in [4.78, 5) is 24.5. The molecule has 1 heterocycles. The van der Waals surface area contributed by atoms with Crippen LogP contribution >= 0.6 is 0 Å². The summed E-state index contributed by atoms with van der Waals surface area (Å²) in [5.74, 6) is -0.670. The highest BCUT2D eigenvalue weighted by atomic mass is 19.1. The molecule has 3 rings (SSSR count). The van der Waals surface area contributed by atoms with Gasteiger partial charge in [-0.15, -0.1) is 0 Å². The van der Waals surface area contributed by atoms with Gasteiger partial charge in [0.1, 0.15) is 11.9 Å². The lowest BCUT2D eigenvalue weighted by molar-refractivity contribution is -0.124. The molecule has 6 heteroatoms. The summed E-state index contributed by atoms with van der Waals surface area (Å²) in [6, 6.07) is 17.6. The molecule has 0 saturated carbocycles. The molecule has 0 aliphatic heterocycles. The second-order valence-corrected chi connectivity index (χ2v) is 5.89. The molecule has 1 unspecified atom stereocenters. The Hall–Kier alpha value is -3.28. The normalized spacial score (nSPS) is 11.8. The zero-order valence-electron chi connectivity index (χ0n) is 14.2. The molecule has 26 heavy (non-hydrogen) atoms. The van der Waals surface area contributed by atoms with Crippen molar-refractivity contribution in [1.82, 2.24) is 15.1 Å². The Morgan fingerprint density at radius 2 is 1.77 bits per heavy atom. The first-order valence-corrected chi connectivity index (χ1v) is 8.22. The third kappa shape index (κ3) is 4.03. The van der Waals surface area contributed by atoms with Gasteiger partial charge in [0.25, 0.3) is 5.56 Å². The third-order valence-corrected chi connectivity index (χ3v) is 4.02. The van der Waals surface area contributed by atoms with E-state index in [0.29, 0.717) is 5.69 Å². The quantitative estimate of drug-likeness (QED) is 0.769. The second-order valence-electron chi connectivity index (χ2n) is 5.89. The highest BCUT2D eigenvalue weighted by molar-refractivity contribution is 5.79. The Bertz CT molecular complexity index is 953. The first kappa shape index (κ1) is 17.5. The van der Waals surface area contributed by atoms with Crippen molar-refractivity contribution in [3.63, 3.8) is 0 Å². The number of hydrogen-bond donors (Lipinski definition) is 1. The number of amides is 1. The first-order valence-electron chi connectivity index (χ1n) is 8.22. The van der Waals surface area contributed by atoms with Crippen LogP contribution in [0.25, 0.3) is 11.3 Å². The fourth-order valence-electron chi connectivity index (χ4n) is 2.52. The molecule has 0 bridgehead atoms. The maximum absolute atomic E-state index is 12.9. The van der Waals surface area contributed by atoms with E-state index >= 15 is 0 Å². The fraction of sp³-hybridized carbons (Fsp3) is 0.150. The van der Waals surface area contributed by atoms with Gasteiger partial charge in [-0.3, -0.25) is 9.59 Å². The number of halogens is 1. The van der Waals surface area contributed by atoms with Gasteiger partial charge in [0.2, 0.25) is 5.91 Å². The monoisotopic (exact) mass is 351 g/mol. The molecule has 0 saturated heterocycles. The van der Waals surface area contributed by atoms with Crippen molar-refractivity contribution in [1.29, 1.82) is 0 Å². The molecule has 0 spiro atoms. The summed E-state index contributed by atoms with van der Waals surface area (Å²) in [6.07, 6.45) is 0. The van der Waals surface area contributed by atoms with E-state index in [0.717, 1.165) is 11.1 Å². The molecule has 1 amide bonds. The van der Waals surface area contributed by atoms with Crippen molar-refractivity contribution in [2.75, 3.05) is 0 Å². The zero-order valence-corrected chi connectivity index (χ0v) is 14.2. The molecular formula is C20H18FN3O2. The minimum atomic E-state index is -0.772. The van der Waals surface area contributed by atoms with E-state index in [1.165, 1.54) is 22.9 Å². The average Bonchev–Trinajstić information content (AvgIpc) is 2.68. The number of hydrogen-bond acceptors (Lipinski definition) is 3. The predicted molar refractivity (Wildman–Crippen MR) is 96.9 cm³/mol. The summed E-state index contributed by atoms with van der Waals surface area (Å²) < 4.78 is 14.1. The van der Waals surface area contributed by atoms with E-state index in [2.05, 4.69) is 10.4 Å². The van der Waals surface area contributed by atoms with Gasteiger partial charge in [-0.2, -0.15) is 5.10 Å². The van der Waals surface area contributed by atoms with Crippen molar-refractivity contribution in [3.8, 4) is 11.3 Å². The second kappa shape index (κ2) is 7.74. The summed E-state index contributed by atoms with van der Waals surface area (Å²) in [6.45, 7) is 1.86. The van der Waals surface area contributed by atoms with E-state index < -0.39 is 6.04 Å². The summed E-state index contributed by atoms with van der Waals surface area (Å²) in [5.41, 5.74) is 1.89. The van der Waals surface area contributed by atoms with Gasteiger partial charge in [0.15, 0.2) is 0 Å². The van der Waals surface area contributed by atoms with Gasteiger partial charge in [-0.05, 0) is 30.7 Å². The van der Waals surface area contributed by atoms with Crippen LogP contribution in [-0.2, 0) is 11.3 Å². The van der Waals surface area contributed by atoms with Crippen LogP contribution in [0.4, 0.5) is 4.39 Å². The lowest BCUT2D eigenvalue weighted by Crippen LogP contribution is -2.36. The maximum atomic E-state index is 12.9. The number of nitrogens with zero attached hydrogens (tertiary/aromatic N) is 2. The Morgan fingerprint density at radius 1 is 1.08 bits per heavy atom. The lowest BCUT2D eigenvalue weighted by Gasteiger charge is -2.15. The summed E-state index contributed by atoms with van der Waals surface area (Å²) in [5, 5.41) is 7.07. The third-order valence-electron chi connectivity index (χ3n) is 4.02. The number of rotatable bonds is 5. The van der Waals surface area contributed by atoms with Crippen LogP contribution in [0.3, 0.4) is 0 Å². The van der Waals surface area contributed by atoms with Crippen LogP contribution < -0.4 is 10.9 Å². The topological polar surface area (TPSA) is 64.0 Å². The van der Waals surface area contributed by atoms with Crippen LogP contribution in [0.2, 0.25) is 0 Å².